The van der Waals surface area contributed by atoms with Crippen molar-refractivity contribution in [1.82, 2.24) is 4.90 Å². The van der Waals surface area contributed by atoms with Gasteiger partial charge in [0.15, 0.2) is 0 Å². The molecule has 68 valence electrons. The average Bonchev–Trinajstić information content (AvgIpc) is 1.99. The van der Waals surface area contributed by atoms with E-state index in [2.05, 4.69) is 18.9 Å². The highest BCUT2D eigenvalue weighted by Gasteiger charge is 1.94. The first-order chi connectivity index (χ1) is 5.31. The van der Waals surface area contributed by atoms with Crippen molar-refractivity contribution in [3.63, 3.8) is 0 Å². The van der Waals surface area contributed by atoms with Crippen molar-refractivity contribution in [3.8, 4) is 0 Å². The van der Waals surface area contributed by atoms with Crippen LogP contribution in [0.4, 0.5) is 0 Å². The van der Waals surface area contributed by atoms with Gasteiger partial charge in [-0.3, -0.25) is 0 Å². The molecule has 2 heteroatoms. The van der Waals surface area contributed by atoms with Gasteiger partial charge < -0.3 is 4.90 Å². The van der Waals surface area contributed by atoms with Gasteiger partial charge in [-0.15, -0.1) is 11.6 Å². The van der Waals surface area contributed by atoms with Crippen LogP contribution in [-0.2, 0) is 0 Å². The zero-order valence-electron chi connectivity index (χ0n) is 7.77. The molecule has 0 aromatic heterocycles. The van der Waals surface area contributed by atoms with Gasteiger partial charge in [-0.25, -0.2) is 0 Å². The summed E-state index contributed by atoms with van der Waals surface area (Å²) in [5.41, 5.74) is 0. The third-order valence-electron chi connectivity index (χ3n) is 1.78. The molecule has 1 nitrogen and oxygen atoms in total. The van der Waals surface area contributed by atoms with E-state index in [0.717, 1.165) is 5.88 Å². The maximum Gasteiger partial charge on any atom is 0.0223 e. The highest BCUT2D eigenvalue weighted by Crippen LogP contribution is 1.98. The second-order valence-electron chi connectivity index (χ2n) is 3.05. The number of halogens is 1. The fourth-order valence-electron chi connectivity index (χ4n) is 1.15. The monoisotopic (exact) mass is 177 g/mol. The van der Waals surface area contributed by atoms with E-state index < -0.39 is 0 Å². The molecular formula is C9H20ClN. The molecule has 0 amide bonds. The van der Waals surface area contributed by atoms with Crippen molar-refractivity contribution in [1.29, 1.82) is 0 Å². The second-order valence-corrected chi connectivity index (χ2v) is 3.43. The molecule has 0 heterocycles. The normalized spacial score (nSPS) is 10.9. The van der Waals surface area contributed by atoms with Crippen molar-refractivity contribution in [2.75, 3.05) is 26.0 Å². The van der Waals surface area contributed by atoms with Gasteiger partial charge in [-0.1, -0.05) is 13.3 Å². The van der Waals surface area contributed by atoms with Crippen LogP contribution in [0.5, 0.6) is 0 Å². The lowest BCUT2D eigenvalue weighted by atomic mass is 10.2. The fraction of sp³-hybridized carbons (Fsp3) is 1.00. The Balaban J connectivity index is 2.97. The van der Waals surface area contributed by atoms with Crippen LogP contribution in [0.1, 0.15) is 32.6 Å². The lowest BCUT2D eigenvalue weighted by Crippen LogP contribution is -2.20. The summed E-state index contributed by atoms with van der Waals surface area (Å²) in [6, 6.07) is 0. The molecule has 0 fully saturated rings. The number of alkyl halides is 1. The Bertz CT molecular complexity index is 76.0. The third-order valence-corrected chi connectivity index (χ3v) is 2.05. The van der Waals surface area contributed by atoms with Crippen LogP contribution in [0.3, 0.4) is 0 Å². The van der Waals surface area contributed by atoms with E-state index in [9.17, 15) is 0 Å². The van der Waals surface area contributed by atoms with Gasteiger partial charge >= 0.3 is 0 Å². The number of hydrogen-bond acceptors (Lipinski definition) is 1. The first-order valence-electron chi connectivity index (χ1n) is 4.55. The molecule has 0 saturated carbocycles. The summed E-state index contributed by atoms with van der Waals surface area (Å²) in [6.07, 6.45) is 4.99. The zero-order valence-corrected chi connectivity index (χ0v) is 8.53. The van der Waals surface area contributed by atoms with E-state index in [0.29, 0.717) is 0 Å². The van der Waals surface area contributed by atoms with Gasteiger partial charge in [0.05, 0.1) is 0 Å². The van der Waals surface area contributed by atoms with Crippen LogP contribution in [0, 0.1) is 0 Å². The van der Waals surface area contributed by atoms with Crippen LogP contribution in [0.25, 0.3) is 0 Å². The zero-order chi connectivity index (χ0) is 8.53. The number of unbranched alkanes of at least 4 members (excludes halogenated alkanes) is 2. The summed E-state index contributed by atoms with van der Waals surface area (Å²) in [4.78, 5) is 2.38. The Morgan fingerprint density at radius 3 is 2.36 bits per heavy atom. The first-order valence-corrected chi connectivity index (χ1v) is 5.09. The molecule has 0 aliphatic heterocycles. The van der Waals surface area contributed by atoms with Crippen LogP contribution in [0.15, 0.2) is 0 Å². The maximum atomic E-state index is 5.56. The van der Waals surface area contributed by atoms with E-state index in [1.807, 2.05) is 0 Å². The topological polar surface area (TPSA) is 3.24 Å². The average molecular weight is 178 g/mol. The Labute approximate surface area is 75.7 Å². The Kier molecular flexibility index (Phi) is 8.54. The molecule has 0 aliphatic carbocycles. The molecule has 0 radical (unpaired) electrons. The Morgan fingerprint density at radius 2 is 1.82 bits per heavy atom. The van der Waals surface area contributed by atoms with Crippen molar-refractivity contribution in [2.45, 2.75) is 32.6 Å². The summed E-state index contributed by atoms with van der Waals surface area (Å²) < 4.78 is 0. The largest absolute Gasteiger partial charge is 0.306 e. The fourth-order valence-corrected chi connectivity index (χ4v) is 1.34. The van der Waals surface area contributed by atoms with Gasteiger partial charge in [0.25, 0.3) is 0 Å². The SMILES string of the molecule is CCCN(C)CCCCCCl. The van der Waals surface area contributed by atoms with Crippen molar-refractivity contribution < 1.29 is 0 Å². The predicted octanol–water partition coefficient (Wildman–Crippen LogP) is 2.74. The molecule has 0 aromatic rings. The molecule has 0 aromatic carbocycles. The summed E-state index contributed by atoms with van der Waals surface area (Å²) in [5, 5.41) is 0. The van der Waals surface area contributed by atoms with Crippen LogP contribution in [-0.4, -0.2) is 30.9 Å². The van der Waals surface area contributed by atoms with Gasteiger partial charge in [0.1, 0.15) is 0 Å². The quantitative estimate of drug-likeness (QED) is 0.427. The summed E-state index contributed by atoms with van der Waals surface area (Å²) >= 11 is 5.56. The first kappa shape index (κ1) is 11.2. The van der Waals surface area contributed by atoms with Gasteiger partial charge in [-0.2, -0.15) is 0 Å². The maximum absolute atomic E-state index is 5.56. The third kappa shape index (κ3) is 8.15. The van der Waals surface area contributed by atoms with Crippen molar-refractivity contribution >= 4 is 11.6 Å². The lowest BCUT2D eigenvalue weighted by molar-refractivity contribution is 0.326. The molecule has 0 rings (SSSR count). The van der Waals surface area contributed by atoms with Gasteiger partial charge in [0, 0.05) is 5.88 Å². The summed E-state index contributed by atoms with van der Waals surface area (Å²) in [6.45, 7) is 4.67. The molecule has 0 spiro atoms. The Hall–Kier alpha value is 0.250. The Morgan fingerprint density at radius 1 is 1.09 bits per heavy atom. The minimum absolute atomic E-state index is 0.817. The van der Waals surface area contributed by atoms with Gasteiger partial charge in [-0.05, 0) is 39.4 Å². The van der Waals surface area contributed by atoms with Crippen molar-refractivity contribution in [2.24, 2.45) is 0 Å². The van der Waals surface area contributed by atoms with E-state index >= 15 is 0 Å². The van der Waals surface area contributed by atoms with Crippen molar-refractivity contribution in [3.05, 3.63) is 0 Å². The molecule has 11 heavy (non-hydrogen) atoms. The van der Waals surface area contributed by atoms with E-state index in [-0.39, 0.29) is 0 Å². The number of nitrogens with zero attached hydrogens (tertiary/aromatic N) is 1. The minimum atomic E-state index is 0.817. The van der Waals surface area contributed by atoms with E-state index in [4.69, 9.17) is 11.6 Å². The summed E-state index contributed by atoms with van der Waals surface area (Å²) in [7, 11) is 2.18. The smallest absolute Gasteiger partial charge is 0.0223 e. The molecular weight excluding hydrogens is 158 g/mol. The van der Waals surface area contributed by atoms with Crippen LogP contribution < -0.4 is 0 Å². The van der Waals surface area contributed by atoms with Crippen LogP contribution in [0.2, 0.25) is 0 Å². The number of rotatable bonds is 7. The molecule has 0 atom stereocenters. The molecule has 0 unspecified atom stereocenters. The molecule has 0 N–H and O–H groups in total. The van der Waals surface area contributed by atoms with E-state index in [1.54, 1.807) is 0 Å². The standard InChI is InChI=1S/C9H20ClN/c1-3-8-11(2)9-6-4-5-7-10/h3-9H2,1-2H3. The summed E-state index contributed by atoms with van der Waals surface area (Å²) in [5.74, 6) is 0.817. The molecule has 0 saturated heterocycles. The second kappa shape index (κ2) is 8.35. The highest BCUT2D eigenvalue weighted by molar-refractivity contribution is 6.17. The minimum Gasteiger partial charge on any atom is -0.306 e. The molecule has 0 aliphatic rings. The highest BCUT2D eigenvalue weighted by atomic mass is 35.5. The van der Waals surface area contributed by atoms with Crippen LogP contribution >= 0.6 is 11.6 Å². The predicted molar refractivity (Wildman–Crippen MR) is 52.4 cm³/mol. The lowest BCUT2D eigenvalue weighted by Gasteiger charge is -2.14. The van der Waals surface area contributed by atoms with E-state index in [1.165, 1.54) is 38.8 Å². The van der Waals surface area contributed by atoms with Gasteiger partial charge in [0.2, 0.25) is 0 Å². The molecule has 0 bridgehead atoms. The number of hydrogen-bond donors (Lipinski definition) is 0.